The fourth-order valence-electron chi connectivity index (χ4n) is 0.850. The minimum atomic E-state index is -0.821. The second kappa shape index (κ2) is 4.91. The molecule has 0 aromatic carbocycles. The monoisotopic (exact) mass is 157 g/mol. The first-order valence-corrected chi connectivity index (χ1v) is 3.69. The highest BCUT2D eigenvalue weighted by Crippen LogP contribution is 2.09. The zero-order chi connectivity index (χ0) is 8.85. The van der Waals surface area contributed by atoms with Crippen LogP contribution in [-0.2, 0) is 4.79 Å². The summed E-state index contributed by atoms with van der Waals surface area (Å²) in [4.78, 5) is 10.5. The molecule has 0 aromatic rings. The van der Waals surface area contributed by atoms with Gasteiger partial charge in [0.15, 0.2) is 0 Å². The largest absolute Gasteiger partial charge is 0.478 e. The second-order valence-electron chi connectivity index (χ2n) is 2.68. The molecule has 3 N–H and O–H groups in total. The fourth-order valence-corrected chi connectivity index (χ4v) is 0.850. The number of hydrogen-bond acceptors (Lipinski definition) is 2. The van der Waals surface area contributed by atoms with Crippen molar-refractivity contribution < 1.29 is 9.90 Å². The number of allylic oxidation sites excluding steroid dienone is 1. The number of carbonyl (C=O) groups is 1. The van der Waals surface area contributed by atoms with Crippen LogP contribution in [0.25, 0.3) is 0 Å². The van der Waals surface area contributed by atoms with E-state index in [4.69, 9.17) is 10.8 Å². The van der Waals surface area contributed by atoms with Crippen molar-refractivity contribution >= 4 is 5.97 Å². The Labute approximate surface area is 66.9 Å². The molecule has 0 saturated heterocycles. The molecule has 0 aromatic heterocycles. The highest BCUT2D eigenvalue weighted by Gasteiger charge is 2.07. The molecule has 0 heterocycles. The van der Waals surface area contributed by atoms with Crippen LogP contribution < -0.4 is 5.73 Å². The van der Waals surface area contributed by atoms with Crippen molar-refractivity contribution in [2.45, 2.75) is 26.7 Å². The Bertz CT molecular complexity index is 169. The number of aliphatic carboxylic acids is 1. The third kappa shape index (κ3) is 3.78. The summed E-state index contributed by atoms with van der Waals surface area (Å²) < 4.78 is 0. The van der Waals surface area contributed by atoms with E-state index in [9.17, 15) is 4.79 Å². The molecule has 0 aliphatic carbocycles. The molecule has 0 unspecified atom stereocenters. The van der Waals surface area contributed by atoms with Crippen LogP contribution in [0.4, 0.5) is 0 Å². The van der Waals surface area contributed by atoms with E-state index in [-0.39, 0.29) is 0 Å². The molecule has 0 aliphatic rings. The van der Waals surface area contributed by atoms with E-state index in [0.29, 0.717) is 18.5 Å². The topological polar surface area (TPSA) is 63.3 Å². The van der Waals surface area contributed by atoms with E-state index in [1.54, 1.807) is 13.8 Å². The van der Waals surface area contributed by atoms with E-state index < -0.39 is 5.97 Å². The van der Waals surface area contributed by atoms with E-state index in [2.05, 4.69) is 0 Å². The maximum absolute atomic E-state index is 10.5. The van der Waals surface area contributed by atoms with Gasteiger partial charge in [0.2, 0.25) is 0 Å². The maximum atomic E-state index is 10.5. The van der Waals surface area contributed by atoms with Crippen LogP contribution in [0, 0.1) is 0 Å². The van der Waals surface area contributed by atoms with Gasteiger partial charge in [0, 0.05) is 5.57 Å². The minimum absolute atomic E-state index is 0.496. The van der Waals surface area contributed by atoms with Crippen LogP contribution >= 0.6 is 0 Å². The van der Waals surface area contributed by atoms with Gasteiger partial charge in [-0.2, -0.15) is 0 Å². The van der Waals surface area contributed by atoms with E-state index >= 15 is 0 Å². The lowest BCUT2D eigenvalue weighted by atomic mass is 10.1. The van der Waals surface area contributed by atoms with Crippen molar-refractivity contribution in [1.82, 2.24) is 0 Å². The number of carboxylic acid groups (broad SMARTS) is 1. The fraction of sp³-hybridized carbons (Fsp3) is 0.625. The van der Waals surface area contributed by atoms with Crippen LogP contribution in [0.15, 0.2) is 11.1 Å². The molecular formula is C8H15NO2. The molecule has 0 rings (SSSR count). The molecule has 0 bridgehead atoms. The third-order valence-corrected chi connectivity index (χ3v) is 1.49. The summed E-state index contributed by atoms with van der Waals surface area (Å²) in [6.07, 6.45) is 1.32. The summed E-state index contributed by atoms with van der Waals surface area (Å²) in [6.45, 7) is 4.16. The zero-order valence-electron chi connectivity index (χ0n) is 7.05. The van der Waals surface area contributed by atoms with Gasteiger partial charge in [0.05, 0.1) is 0 Å². The molecule has 0 amide bonds. The summed E-state index contributed by atoms with van der Waals surface area (Å²) in [6, 6.07) is 0. The third-order valence-electron chi connectivity index (χ3n) is 1.49. The molecule has 0 spiro atoms. The molecule has 11 heavy (non-hydrogen) atoms. The first kappa shape index (κ1) is 10.2. The lowest BCUT2D eigenvalue weighted by Crippen LogP contribution is -2.06. The quantitative estimate of drug-likeness (QED) is 0.601. The Hall–Kier alpha value is -0.830. The van der Waals surface area contributed by atoms with Crippen molar-refractivity contribution in [2.75, 3.05) is 6.54 Å². The van der Waals surface area contributed by atoms with Crippen molar-refractivity contribution in [3.8, 4) is 0 Å². The molecule has 0 atom stereocenters. The van der Waals surface area contributed by atoms with E-state index in [0.717, 1.165) is 12.0 Å². The average Bonchev–Trinajstić information content (AvgIpc) is 1.87. The van der Waals surface area contributed by atoms with Gasteiger partial charge in [-0.15, -0.1) is 0 Å². The summed E-state index contributed by atoms with van der Waals surface area (Å²) >= 11 is 0. The lowest BCUT2D eigenvalue weighted by Gasteiger charge is -2.02. The molecule has 64 valence electrons. The van der Waals surface area contributed by atoms with Gasteiger partial charge in [0.1, 0.15) is 0 Å². The highest BCUT2D eigenvalue weighted by molar-refractivity contribution is 5.87. The second-order valence-corrected chi connectivity index (χ2v) is 2.68. The highest BCUT2D eigenvalue weighted by atomic mass is 16.4. The first-order valence-electron chi connectivity index (χ1n) is 3.69. The molecule has 0 fully saturated rings. The predicted molar refractivity (Wildman–Crippen MR) is 44.3 cm³/mol. The van der Waals surface area contributed by atoms with Crippen molar-refractivity contribution in [1.29, 1.82) is 0 Å². The summed E-state index contributed by atoms with van der Waals surface area (Å²) in [5.41, 5.74) is 6.62. The van der Waals surface area contributed by atoms with Gasteiger partial charge in [-0.1, -0.05) is 5.57 Å². The van der Waals surface area contributed by atoms with Crippen LogP contribution in [0.5, 0.6) is 0 Å². The predicted octanol–water partition coefficient (Wildman–Crippen LogP) is 1.15. The normalized spacial score (nSPS) is 9.36. The zero-order valence-corrected chi connectivity index (χ0v) is 7.05. The van der Waals surface area contributed by atoms with Gasteiger partial charge in [0.25, 0.3) is 0 Å². The Balaban J connectivity index is 4.14. The molecule has 3 heteroatoms. The Kier molecular flexibility index (Phi) is 4.54. The molecule has 0 radical (unpaired) electrons. The Morgan fingerprint density at radius 1 is 1.45 bits per heavy atom. The number of carboxylic acids is 1. The molecular weight excluding hydrogens is 142 g/mol. The van der Waals surface area contributed by atoms with Crippen LogP contribution in [0.3, 0.4) is 0 Å². The van der Waals surface area contributed by atoms with Gasteiger partial charge in [-0.3, -0.25) is 0 Å². The number of nitrogens with two attached hydrogens (primary N) is 1. The number of hydrogen-bond donors (Lipinski definition) is 2. The van der Waals surface area contributed by atoms with Gasteiger partial charge >= 0.3 is 5.97 Å². The molecule has 0 aliphatic heterocycles. The first-order chi connectivity index (χ1) is 5.09. The summed E-state index contributed by atoms with van der Waals surface area (Å²) in [7, 11) is 0. The van der Waals surface area contributed by atoms with E-state index in [1.807, 2.05) is 0 Å². The standard InChI is InChI=1S/C8H15NO2/c1-6(2)7(8(10)11)4-3-5-9/h3-5,9H2,1-2H3,(H,10,11). The smallest absolute Gasteiger partial charge is 0.331 e. The van der Waals surface area contributed by atoms with Crippen molar-refractivity contribution in [2.24, 2.45) is 5.73 Å². The molecule has 3 nitrogen and oxygen atoms in total. The Morgan fingerprint density at radius 3 is 2.27 bits per heavy atom. The summed E-state index contributed by atoms with van der Waals surface area (Å²) in [5.74, 6) is -0.821. The lowest BCUT2D eigenvalue weighted by molar-refractivity contribution is -0.132. The SMILES string of the molecule is CC(C)=C(CCCN)C(=O)O. The molecule has 0 saturated carbocycles. The van der Waals surface area contributed by atoms with Crippen LogP contribution in [0.2, 0.25) is 0 Å². The van der Waals surface area contributed by atoms with Gasteiger partial charge < -0.3 is 10.8 Å². The maximum Gasteiger partial charge on any atom is 0.331 e. The Morgan fingerprint density at radius 2 is 2.00 bits per heavy atom. The summed E-state index contributed by atoms with van der Waals surface area (Å²) in [5, 5.41) is 8.67. The minimum Gasteiger partial charge on any atom is -0.478 e. The van der Waals surface area contributed by atoms with E-state index in [1.165, 1.54) is 0 Å². The number of rotatable bonds is 4. The average molecular weight is 157 g/mol. The van der Waals surface area contributed by atoms with Gasteiger partial charge in [-0.05, 0) is 33.2 Å². The van der Waals surface area contributed by atoms with Gasteiger partial charge in [-0.25, -0.2) is 4.79 Å². The van der Waals surface area contributed by atoms with Crippen molar-refractivity contribution in [3.05, 3.63) is 11.1 Å². The van der Waals surface area contributed by atoms with Crippen molar-refractivity contribution in [3.63, 3.8) is 0 Å². The van der Waals surface area contributed by atoms with Crippen LogP contribution in [0.1, 0.15) is 26.7 Å². The van der Waals surface area contributed by atoms with Crippen LogP contribution in [-0.4, -0.2) is 17.6 Å².